The van der Waals surface area contributed by atoms with Crippen molar-refractivity contribution in [3.63, 3.8) is 0 Å². The van der Waals surface area contributed by atoms with Gasteiger partial charge in [-0.1, -0.05) is 27.7 Å². The molecular weight excluding hydrogens is 545 g/mol. The molecule has 2 aromatic heterocycles. The summed E-state index contributed by atoms with van der Waals surface area (Å²) in [5.74, 6) is 0.0416. The summed E-state index contributed by atoms with van der Waals surface area (Å²) in [4.78, 5) is 38.8. The van der Waals surface area contributed by atoms with Crippen molar-refractivity contribution in [3.8, 4) is 17.3 Å². The summed E-state index contributed by atoms with van der Waals surface area (Å²) in [5, 5.41) is 16.0. The van der Waals surface area contributed by atoms with E-state index in [9.17, 15) is 14.9 Å². The highest BCUT2D eigenvalue weighted by atomic mass is 28.4. The summed E-state index contributed by atoms with van der Waals surface area (Å²) in [6, 6.07) is 9.60. The van der Waals surface area contributed by atoms with E-state index in [2.05, 4.69) is 67.5 Å². The van der Waals surface area contributed by atoms with Gasteiger partial charge in [0.05, 0.1) is 11.3 Å². The van der Waals surface area contributed by atoms with Crippen LogP contribution < -0.4 is 15.4 Å². The second-order valence-electron chi connectivity index (χ2n) is 12.4. The summed E-state index contributed by atoms with van der Waals surface area (Å²) in [7, 11) is 0.966. The maximum atomic E-state index is 12.1. The van der Waals surface area contributed by atoms with Gasteiger partial charge >= 0.3 is 7.41 Å². The van der Waals surface area contributed by atoms with Gasteiger partial charge in [0.25, 0.3) is 5.91 Å². The van der Waals surface area contributed by atoms with Gasteiger partial charge in [0.15, 0.2) is 8.32 Å². The lowest BCUT2D eigenvalue weighted by Crippen LogP contribution is -2.46. The van der Waals surface area contributed by atoms with Crippen LogP contribution in [0.25, 0.3) is 11.3 Å². The van der Waals surface area contributed by atoms with Crippen LogP contribution in [0.5, 0.6) is 0 Å². The Kier molecular flexibility index (Phi) is 8.57. The van der Waals surface area contributed by atoms with Crippen molar-refractivity contribution in [2.45, 2.75) is 58.2 Å². The zero-order chi connectivity index (χ0) is 30.9. The first-order chi connectivity index (χ1) is 19.7. The van der Waals surface area contributed by atoms with Gasteiger partial charge in [-0.15, -0.1) is 0 Å². The van der Waals surface area contributed by atoms with Gasteiger partial charge < -0.3 is 24.7 Å². The van der Waals surface area contributed by atoms with E-state index in [1.165, 1.54) is 7.41 Å². The molecule has 0 saturated heterocycles. The number of carbonyl (C=O) groups is 2. The maximum Gasteiger partial charge on any atom is 0.329 e. The predicted molar refractivity (Wildman–Crippen MR) is 168 cm³/mol. The molecule has 0 bridgehead atoms. The van der Waals surface area contributed by atoms with Gasteiger partial charge in [-0.3, -0.25) is 9.78 Å². The van der Waals surface area contributed by atoms with E-state index in [1.54, 1.807) is 37.6 Å². The van der Waals surface area contributed by atoms with Crippen molar-refractivity contribution >= 4 is 45.1 Å². The number of amides is 1. The minimum Gasteiger partial charge on any atom is -0.416 e. The van der Waals surface area contributed by atoms with Crippen LogP contribution in [-0.2, 0) is 14.6 Å². The number of aromatic nitrogens is 3. The SMILES string of the molecule is CNC(=O)c1cc(Nc2nccc(-c3cc(C#N)c4c(c3)[C@@](C)(CO[Si](C)(C)C(C)(C)C)CN4[B]C=O)n2)c(C)cn1. The van der Waals surface area contributed by atoms with E-state index < -0.39 is 13.7 Å². The standard InChI is InChI=1S/C30H37BN7O3Si/c1-19-15-35-25(27(40)33-6)13-24(19)37-28-34-10-9-23(36-28)20-11-21(14-32)26-22(12-20)30(5,16-38(26)31-18-39)17-41-42(7,8)29(2,3)4/h9-13,15,18H,16-17H2,1-8H3,(H,33,40)(H,34,35,36,37)/t30-/m1/s1. The van der Waals surface area contributed by atoms with E-state index >= 15 is 0 Å². The van der Waals surface area contributed by atoms with Gasteiger partial charge in [0, 0.05) is 54.9 Å². The topological polar surface area (TPSA) is 133 Å². The van der Waals surface area contributed by atoms with Crippen LogP contribution >= 0.6 is 0 Å². The molecule has 0 saturated carbocycles. The number of aryl methyl sites for hydroxylation is 1. The molecule has 12 heteroatoms. The fraction of sp³-hybridized carbons (Fsp3) is 0.400. The molecule has 217 valence electrons. The molecule has 3 aromatic rings. The number of fused-ring (bicyclic) bond motifs is 1. The van der Waals surface area contributed by atoms with E-state index in [4.69, 9.17) is 9.41 Å². The largest absolute Gasteiger partial charge is 0.416 e. The highest BCUT2D eigenvalue weighted by Gasteiger charge is 2.44. The van der Waals surface area contributed by atoms with Gasteiger partial charge in [-0.05, 0) is 60.4 Å². The van der Waals surface area contributed by atoms with Crippen LogP contribution in [0.3, 0.4) is 0 Å². The van der Waals surface area contributed by atoms with Crippen molar-refractivity contribution < 1.29 is 14.0 Å². The Morgan fingerprint density at radius 2 is 2.02 bits per heavy atom. The van der Waals surface area contributed by atoms with Crippen LogP contribution in [-0.4, -0.2) is 63.0 Å². The minimum absolute atomic E-state index is 0.0394. The number of hydrogen-bond acceptors (Lipinski definition) is 9. The number of anilines is 3. The summed E-state index contributed by atoms with van der Waals surface area (Å²) < 4.78 is 6.67. The zero-order valence-corrected chi connectivity index (χ0v) is 26.5. The van der Waals surface area contributed by atoms with Crippen LogP contribution in [0.2, 0.25) is 18.1 Å². The minimum atomic E-state index is -2.07. The number of carbonyl (C=O) groups excluding carboxylic acids is 2. The van der Waals surface area contributed by atoms with Gasteiger partial charge in [0.2, 0.25) is 5.95 Å². The number of nitrogens with zero attached hydrogens (tertiary/aromatic N) is 5. The lowest BCUT2D eigenvalue weighted by Gasteiger charge is -2.39. The van der Waals surface area contributed by atoms with E-state index in [0.29, 0.717) is 36.0 Å². The Bertz CT molecular complexity index is 1570. The third-order valence-electron chi connectivity index (χ3n) is 8.25. The number of nitrogens with one attached hydrogen (secondary N) is 2. The molecule has 10 nitrogen and oxygen atoms in total. The average molecular weight is 583 g/mol. The average Bonchev–Trinajstić information content (AvgIpc) is 3.23. The highest BCUT2D eigenvalue weighted by molar-refractivity contribution is 6.74. The van der Waals surface area contributed by atoms with Gasteiger partial charge in [-0.25, -0.2) is 9.97 Å². The predicted octanol–water partition coefficient (Wildman–Crippen LogP) is 4.73. The second-order valence-corrected chi connectivity index (χ2v) is 17.2. The molecule has 1 aliphatic rings. The first-order valence-corrected chi connectivity index (χ1v) is 16.7. The quantitative estimate of drug-likeness (QED) is 0.271. The zero-order valence-electron chi connectivity index (χ0n) is 25.5. The number of benzene rings is 1. The molecule has 4 rings (SSSR count). The van der Waals surface area contributed by atoms with E-state index in [-0.39, 0.29) is 16.6 Å². The summed E-state index contributed by atoms with van der Waals surface area (Å²) in [6.07, 6.45) is 4.01. The fourth-order valence-corrected chi connectivity index (χ4v) is 5.78. The Hall–Kier alpha value is -4.08. The van der Waals surface area contributed by atoms with Gasteiger partial charge in [-0.2, -0.15) is 5.26 Å². The third-order valence-corrected chi connectivity index (χ3v) is 12.7. The Labute approximate surface area is 249 Å². The number of nitriles is 1. The Morgan fingerprint density at radius 1 is 1.29 bits per heavy atom. The Balaban J connectivity index is 1.74. The molecule has 0 spiro atoms. The molecule has 3 heterocycles. The molecule has 2 N–H and O–H groups in total. The van der Waals surface area contributed by atoms with Crippen LogP contribution in [0, 0.1) is 18.3 Å². The number of hydrogen-bond donors (Lipinski definition) is 2. The Morgan fingerprint density at radius 3 is 2.67 bits per heavy atom. The lowest BCUT2D eigenvalue weighted by molar-refractivity contribution is 0.0958. The smallest absolute Gasteiger partial charge is 0.329 e. The van der Waals surface area contributed by atoms with E-state index in [1.807, 2.05) is 17.8 Å². The van der Waals surface area contributed by atoms with Crippen LogP contribution in [0.4, 0.5) is 17.3 Å². The molecular formula is C30H37BN7O3Si. The van der Waals surface area contributed by atoms with Crippen LogP contribution in [0.15, 0.2) is 36.7 Å². The molecule has 0 unspecified atom stereocenters. The maximum absolute atomic E-state index is 12.1. The normalized spacial score (nSPS) is 16.4. The van der Waals surface area contributed by atoms with E-state index in [0.717, 1.165) is 28.6 Å². The second kappa shape index (κ2) is 11.7. The molecule has 1 aliphatic heterocycles. The highest BCUT2D eigenvalue weighted by Crippen LogP contribution is 2.46. The lowest BCUT2D eigenvalue weighted by atomic mass is 9.83. The van der Waals surface area contributed by atoms with Gasteiger partial charge in [0.1, 0.15) is 17.9 Å². The molecule has 0 aliphatic carbocycles. The number of pyridine rings is 1. The third kappa shape index (κ3) is 6.07. The monoisotopic (exact) mass is 582 g/mol. The van der Waals surface area contributed by atoms with Crippen molar-refractivity contribution in [3.05, 3.63) is 59.0 Å². The summed E-state index contributed by atoms with van der Waals surface area (Å²) >= 11 is 0. The molecule has 1 aromatic carbocycles. The summed E-state index contributed by atoms with van der Waals surface area (Å²) in [5.41, 5.74) is 4.76. The first kappa shape index (κ1) is 30.9. The molecule has 1 atom stereocenters. The molecule has 1 amide bonds. The van der Waals surface area contributed by atoms with Crippen molar-refractivity contribution in [1.82, 2.24) is 20.3 Å². The molecule has 0 fully saturated rings. The molecule has 42 heavy (non-hydrogen) atoms. The van der Waals surface area contributed by atoms with Crippen molar-refractivity contribution in [2.75, 3.05) is 30.3 Å². The first-order valence-electron chi connectivity index (χ1n) is 13.8. The van der Waals surface area contributed by atoms with Crippen LogP contribution in [0.1, 0.15) is 54.9 Å². The fourth-order valence-electron chi connectivity index (χ4n) is 4.67. The summed E-state index contributed by atoms with van der Waals surface area (Å²) in [6.45, 7) is 16.0. The number of rotatable bonds is 9. The molecule has 1 radical (unpaired) electrons. The van der Waals surface area contributed by atoms with Crippen molar-refractivity contribution in [2.24, 2.45) is 0 Å². The van der Waals surface area contributed by atoms with Crippen molar-refractivity contribution in [1.29, 1.82) is 5.26 Å².